The first-order valence-electron chi connectivity index (χ1n) is 4.76. The van der Waals surface area contributed by atoms with Crippen molar-refractivity contribution in [1.82, 2.24) is 5.32 Å². The highest BCUT2D eigenvalue weighted by atomic mass is 19.4. The van der Waals surface area contributed by atoms with E-state index in [0.29, 0.717) is 5.56 Å². The third kappa shape index (κ3) is 3.96. The fraction of sp³-hybridized carbons (Fsp3) is 0.200. The lowest BCUT2D eigenvalue weighted by atomic mass is 10.1. The van der Waals surface area contributed by atoms with E-state index in [-0.39, 0.29) is 11.4 Å². The number of rotatable bonds is 3. The van der Waals surface area contributed by atoms with Crippen molar-refractivity contribution in [2.75, 3.05) is 6.54 Å². The maximum atomic E-state index is 11.9. The predicted octanol–water partition coefficient (Wildman–Crippen LogP) is 1.07. The van der Waals surface area contributed by atoms with Gasteiger partial charge in [0.25, 0.3) is 5.91 Å². The quantitative estimate of drug-likeness (QED) is 0.329. The molecule has 0 saturated heterocycles. The topological polar surface area (TPSA) is 87.7 Å². The Labute approximate surface area is 100 Å². The molecule has 1 rings (SSSR count). The molecule has 0 spiro atoms. The summed E-state index contributed by atoms with van der Waals surface area (Å²) in [5.41, 5.74) is 5.69. The number of carbonyl (C=O) groups excluding carboxylic acids is 1. The van der Waals surface area contributed by atoms with Crippen LogP contribution in [0.25, 0.3) is 0 Å². The van der Waals surface area contributed by atoms with Gasteiger partial charge < -0.3 is 16.3 Å². The van der Waals surface area contributed by atoms with Crippen LogP contribution in [0.5, 0.6) is 0 Å². The summed E-state index contributed by atoms with van der Waals surface area (Å²) >= 11 is 0. The summed E-state index contributed by atoms with van der Waals surface area (Å²) in [6, 6.07) is 5.27. The molecular weight excluding hydrogens is 251 g/mol. The molecule has 1 aromatic carbocycles. The second-order valence-corrected chi connectivity index (χ2v) is 3.36. The Hall–Kier alpha value is -2.25. The van der Waals surface area contributed by atoms with Crippen LogP contribution in [0.2, 0.25) is 0 Å². The fourth-order valence-corrected chi connectivity index (χ4v) is 1.13. The number of nitrogens with one attached hydrogen (secondary N) is 1. The van der Waals surface area contributed by atoms with Gasteiger partial charge in [0.15, 0.2) is 5.84 Å². The van der Waals surface area contributed by atoms with E-state index in [2.05, 4.69) is 5.16 Å². The summed E-state index contributed by atoms with van der Waals surface area (Å²) in [7, 11) is 0. The lowest BCUT2D eigenvalue weighted by Gasteiger charge is -2.08. The highest BCUT2D eigenvalue weighted by Crippen LogP contribution is 2.13. The number of halogens is 3. The monoisotopic (exact) mass is 261 g/mol. The molecule has 0 aliphatic carbocycles. The van der Waals surface area contributed by atoms with E-state index < -0.39 is 18.6 Å². The molecule has 0 atom stereocenters. The Balaban J connectivity index is 2.71. The Kier molecular flexibility index (Phi) is 4.13. The molecule has 1 amide bonds. The van der Waals surface area contributed by atoms with Crippen LogP contribution in [0.4, 0.5) is 13.2 Å². The van der Waals surface area contributed by atoms with Gasteiger partial charge in [0.05, 0.1) is 0 Å². The van der Waals surface area contributed by atoms with Crippen LogP contribution < -0.4 is 11.1 Å². The number of hydrogen-bond donors (Lipinski definition) is 3. The highest BCUT2D eigenvalue weighted by molar-refractivity contribution is 5.99. The number of alkyl halides is 3. The first kappa shape index (κ1) is 13.8. The molecule has 0 aliphatic heterocycles. The minimum absolute atomic E-state index is 0.0498. The summed E-state index contributed by atoms with van der Waals surface area (Å²) in [6.45, 7) is -1.40. The van der Waals surface area contributed by atoms with Crippen LogP contribution in [0.1, 0.15) is 15.9 Å². The minimum Gasteiger partial charge on any atom is -0.409 e. The smallest absolute Gasteiger partial charge is 0.405 e. The third-order valence-corrected chi connectivity index (χ3v) is 2.00. The van der Waals surface area contributed by atoms with Gasteiger partial charge in [-0.3, -0.25) is 4.79 Å². The third-order valence-electron chi connectivity index (χ3n) is 2.00. The molecule has 0 aromatic heterocycles. The molecule has 0 unspecified atom stereocenters. The largest absolute Gasteiger partial charge is 0.409 e. The molecule has 5 nitrogen and oxygen atoms in total. The zero-order valence-corrected chi connectivity index (χ0v) is 9.03. The number of amidine groups is 1. The van der Waals surface area contributed by atoms with Crippen molar-refractivity contribution in [3.8, 4) is 0 Å². The number of oxime groups is 1. The number of amides is 1. The van der Waals surface area contributed by atoms with Crippen LogP contribution in [0.3, 0.4) is 0 Å². The van der Waals surface area contributed by atoms with Gasteiger partial charge in [-0.25, -0.2) is 0 Å². The van der Waals surface area contributed by atoms with Crippen LogP contribution in [0, 0.1) is 0 Å². The first-order chi connectivity index (χ1) is 8.33. The van der Waals surface area contributed by atoms with Crippen molar-refractivity contribution in [1.29, 1.82) is 0 Å². The molecule has 0 fully saturated rings. The number of carbonyl (C=O) groups is 1. The SMILES string of the molecule is N/C(=N\O)c1ccc(C(=O)NCC(F)(F)F)cc1. The van der Waals surface area contributed by atoms with Crippen molar-refractivity contribution in [3.05, 3.63) is 35.4 Å². The molecular formula is C10H10F3N3O2. The van der Waals surface area contributed by atoms with Gasteiger partial charge in [-0.15, -0.1) is 0 Å². The molecule has 0 radical (unpaired) electrons. The Morgan fingerprint density at radius 2 is 1.78 bits per heavy atom. The summed E-state index contributed by atoms with van der Waals surface area (Å²) in [5, 5.41) is 12.9. The highest BCUT2D eigenvalue weighted by Gasteiger charge is 2.27. The van der Waals surface area contributed by atoms with E-state index in [9.17, 15) is 18.0 Å². The minimum atomic E-state index is -4.45. The van der Waals surface area contributed by atoms with Crippen molar-refractivity contribution in [2.24, 2.45) is 10.9 Å². The number of nitrogens with zero attached hydrogens (tertiary/aromatic N) is 1. The summed E-state index contributed by atoms with van der Waals surface area (Å²) < 4.78 is 35.6. The summed E-state index contributed by atoms with van der Waals surface area (Å²) in [6.07, 6.45) is -4.45. The Morgan fingerprint density at radius 3 is 2.22 bits per heavy atom. The molecule has 0 heterocycles. The van der Waals surface area contributed by atoms with Crippen LogP contribution in [0.15, 0.2) is 29.4 Å². The molecule has 0 aliphatic rings. The number of benzene rings is 1. The standard InChI is InChI=1S/C10H10F3N3O2/c11-10(12,13)5-15-9(17)7-3-1-6(2-4-7)8(14)16-18/h1-4,18H,5H2,(H2,14,16)(H,15,17). The second kappa shape index (κ2) is 5.39. The number of hydrogen-bond acceptors (Lipinski definition) is 3. The lowest BCUT2D eigenvalue weighted by molar-refractivity contribution is -0.123. The maximum absolute atomic E-state index is 11.9. The van der Waals surface area contributed by atoms with Gasteiger partial charge in [0.2, 0.25) is 0 Å². The lowest BCUT2D eigenvalue weighted by Crippen LogP contribution is -2.33. The van der Waals surface area contributed by atoms with Crippen LogP contribution >= 0.6 is 0 Å². The summed E-state index contributed by atoms with van der Waals surface area (Å²) in [4.78, 5) is 11.3. The molecule has 98 valence electrons. The molecule has 0 bridgehead atoms. The van der Waals surface area contributed by atoms with Crippen molar-refractivity contribution >= 4 is 11.7 Å². The van der Waals surface area contributed by atoms with Gasteiger partial charge in [0, 0.05) is 11.1 Å². The molecule has 0 saturated carbocycles. The first-order valence-corrected chi connectivity index (χ1v) is 4.76. The van der Waals surface area contributed by atoms with Crippen LogP contribution in [-0.4, -0.2) is 29.7 Å². The van der Waals surface area contributed by atoms with E-state index in [1.165, 1.54) is 24.3 Å². The average Bonchev–Trinajstić information content (AvgIpc) is 2.34. The van der Waals surface area contributed by atoms with E-state index in [4.69, 9.17) is 10.9 Å². The predicted molar refractivity (Wildman–Crippen MR) is 57.3 cm³/mol. The van der Waals surface area contributed by atoms with E-state index in [1.54, 1.807) is 5.32 Å². The van der Waals surface area contributed by atoms with Crippen molar-refractivity contribution < 1.29 is 23.2 Å². The number of nitrogens with two attached hydrogens (primary N) is 1. The zero-order chi connectivity index (χ0) is 13.8. The maximum Gasteiger partial charge on any atom is 0.405 e. The molecule has 8 heteroatoms. The average molecular weight is 261 g/mol. The zero-order valence-electron chi connectivity index (χ0n) is 9.03. The van der Waals surface area contributed by atoms with Gasteiger partial charge in [-0.2, -0.15) is 13.2 Å². The molecule has 18 heavy (non-hydrogen) atoms. The Morgan fingerprint density at radius 1 is 1.28 bits per heavy atom. The van der Waals surface area contributed by atoms with E-state index in [1.807, 2.05) is 0 Å². The van der Waals surface area contributed by atoms with Gasteiger partial charge in [-0.05, 0) is 12.1 Å². The van der Waals surface area contributed by atoms with Crippen molar-refractivity contribution in [3.63, 3.8) is 0 Å². The molecule has 1 aromatic rings. The van der Waals surface area contributed by atoms with Crippen molar-refractivity contribution in [2.45, 2.75) is 6.18 Å². The Bertz CT molecular complexity index is 454. The van der Waals surface area contributed by atoms with Crippen LogP contribution in [-0.2, 0) is 0 Å². The fourth-order valence-electron chi connectivity index (χ4n) is 1.13. The summed E-state index contributed by atoms with van der Waals surface area (Å²) in [5.74, 6) is -1.00. The van der Waals surface area contributed by atoms with Gasteiger partial charge in [-0.1, -0.05) is 17.3 Å². The van der Waals surface area contributed by atoms with E-state index in [0.717, 1.165) is 0 Å². The molecule has 4 N–H and O–H groups in total. The van der Waals surface area contributed by atoms with Gasteiger partial charge in [0.1, 0.15) is 6.54 Å². The normalized spacial score (nSPS) is 12.3. The second-order valence-electron chi connectivity index (χ2n) is 3.36. The van der Waals surface area contributed by atoms with E-state index >= 15 is 0 Å². The van der Waals surface area contributed by atoms with Gasteiger partial charge >= 0.3 is 6.18 Å².